The number of allylic oxidation sites excluding steroid dienone is 1. The van der Waals surface area contributed by atoms with Crippen molar-refractivity contribution < 1.29 is 9.53 Å². The zero-order valence-corrected chi connectivity index (χ0v) is 26.6. The van der Waals surface area contributed by atoms with Gasteiger partial charge in [-0.3, -0.25) is 19.5 Å². The number of ether oxygens (including phenoxy) is 1. The van der Waals surface area contributed by atoms with Gasteiger partial charge >= 0.3 is 0 Å². The van der Waals surface area contributed by atoms with Gasteiger partial charge in [-0.1, -0.05) is 12.1 Å². The lowest BCUT2D eigenvalue weighted by atomic mass is 10.1. The summed E-state index contributed by atoms with van der Waals surface area (Å²) in [6.07, 6.45) is 9.96. The van der Waals surface area contributed by atoms with Crippen LogP contribution in [0.4, 0.5) is 17.6 Å². The number of amides is 1. The lowest BCUT2D eigenvalue weighted by molar-refractivity contribution is -0.117. The maximum Gasteiger partial charge on any atom is 0.256 e. The fraction of sp³-hybridized carbons (Fsp3) is 0.375. The minimum absolute atomic E-state index is 0.00391. The van der Waals surface area contributed by atoms with Gasteiger partial charge in [-0.15, -0.1) is 0 Å². The first-order valence-electron chi connectivity index (χ1n) is 15.3. The Morgan fingerprint density at radius 1 is 1.24 bits per heavy atom. The minimum Gasteiger partial charge on any atom is -0.481 e. The van der Waals surface area contributed by atoms with Gasteiger partial charge in [-0.2, -0.15) is 9.98 Å². The number of anilines is 2. The fourth-order valence-electron chi connectivity index (χ4n) is 5.02. The number of rotatable bonds is 10. The van der Waals surface area contributed by atoms with Crippen molar-refractivity contribution in [1.82, 2.24) is 35.1 Å². The molecule has 1 aliphatic carbocycles. The number of likely N-dealkylation sites (tertiary alicyclic amines) is 1. The van der Waals surface area contributed by atoms with E-state index in [4.69, 9.17) is 10.5 Å². The van der Waals surface area contributed by atoms with Gasteiger partial charge in [0.15, 0.2) is 0 Å². The average Bonchev–Trinajstić information content (AvgIpc) is 3.49. The number of carbonyl (C=O) groups excluding carboxylic acids is 1. The van der Waals surface area contributed by atoms with Crippen molar-refractivity contribution in [3.8, 4) is 17.1 Å². The molecule has 6 rings (SSSR count). The molecule has 1 saturated heterocycles. The molecule has 14 nitrogen and oxygen atoms in total. The second-order valence-electron chi connectivity index (χ2n) is 11.3. The summed E-state index contributed by atoms with van der Waals surface area (Å²) in [7, 11) is 3.31. The first kappa shape index (κ1) is 32.2. The number of aromatic amines is 2. The Labute approximate surface area is 267 Å². The fourth-order valence-corrected chi connectivity index (χ4v) is 5.02. The summed E-state index contributed by atoms with van der Waals surface area (Å²) in [6, 6.07) is 7.64. The number of nitrogens with zero attached hydrogens (tertiary/aromatic N) is 5. The first-order valence-corrected chi connectivity index (χ1v) is 15.3. The minimum atomic E-state index is -0.199. The monoisotopic (exact) mass is 627 g/mol. The highest BCUT2D eigenvalue weighted by molar-refractivity contribution is 6.06. The highest BCUT2D eigenvalue weighted by atomic mass is 16.5. The molecule has 7 N–H and O–H groups in total. The van der Waals surface area contributed by atoms with E-state index in [0.29, 0.717) is 30.3 Å². The third kappa shape index (κ3) is 8.47. The van der Waals surface area contributed by atoms with Gasteiger partial charge in [-0.05, 0) is 70.3 Å². The molecule has 2 fully saturated rings. The van der Waals surface area contributed by atoms with Crippen molar-refractivity contribution in [3.05, 3.63) is 64.3 Å². The van der Waals surface area contributed by atoms with Crippen molar-refractivity contribution in [1.29, 1.82) is 0 Å². The summed E-state index contributed by atoms with van der Waals surface area (Å²) in [5, 5.41) is 10.1. The Kier molecular flexibility index (Phi) is 10.3. The van der Waals surface area contributed by atoms with Crippen LogP contribution in [0.3, 0.4) is 0 Å². The van der Waals surface area contributed by atoms with Crippen molar-refractivity contribution in [2.45, 2.75) is 45.6 Å². The van der Waals surface area contributed by atoms with Crippen molar-refractivity contribution in [2.75, 3.05) is 44.4 Å². The van der Waals surface area contributed by atoms with Gasteiger partial charge < -0.3 is 31.4 Å². The number of benzene rings is 1. The summed E-state index contributed by atoms with van der Waals surface area (Å²) >= 11 is 0. The molecule has 242 valence electrons. The van der Waals surface area contributed by atoms with Gasteiger partial charge in [0, 0.05) is 42.1 Å². The molecule has 2 aliphatic rings. The number of fused-ring (bicyclic) bond motifs is 1. The Balaban J connectivity index is 0.000000266. The predicted octanol–water partition coefficient (Wildman–Crippen LogP) is 3.43. The Bertz CT molecular complexity index is 1800. The molecule has 0 spiro atoms. The molecule has 0 bridgehead atoms. The Morgan fingerprint density at radius 3 is 2.74 bits per heavy atom. The van der Waals surface area contributed by atoms with E-state index in [0.717, 1.165) is 77.9 Å². The molecule has 1 saturated carbocycles. The molecule has 0 atom stereocenters. The number of carbonyl (C=O) groups is 1. The second-order valence-corrected chi connectivity index (χ2v) is 11.3. The number of amidine groups is 1. The summed E-state index contributed by atoms with van der Waals surface area (Å²) < 4.78 is 4.87. The molecule has 4 heterocycles. The van der Waals surface area contributed by atoms with Crippen LogP contribution < -0.4 is 32.0 Å². The van der Waals surface area contributed by atoms with Gasteiger partial charge in [0.2, 0.25) is 17.7 Å². The van der Waals surface area contributed by atoms with Crippen LogP contribution in [0, 0.1) is 6.92 Å². The van der Waals surface area contributed by atoms with Gasteiger partial charge in [0.05, 0.1) is 36.6 Å². The number of nitrogens with one attached hydrogen (secondary N) is 5. The topological polar surface area (TPSA) is 191 Å². The molecule has 1 amide bonds. The summed E-state index contributed by atoms with van der Waals surface area (Å²) in [4.78, 5) is 49.0. The summed E-state index contributed by atoms with van der Waals surface area (Å²) in [6.45, 7) is 6.24. The standard InChI is InChI=1S/C24H30N8O.C8H11N3O2/c1-15-12-28-24(30-20(25)11-16(2)26-3)31-22(15)18-13-27-23-17(18)7-6-8-19(23)29-21(33)14-32-9-4-5-10-32;1-13-7-4-6(12)10-8(11-7)9-5-2-3-5/h6-8,11-13,26-27H,4-5,9-10,14H2,1-3H3,(H,29,33)(H2,25,28,30,31);4-5H,2-3H2,1H3,(H2,9,10,11,12)/b16-11-;. The largest absolute Gasteiger partial charge is 0.481 e. The summed E-state index contributed by atoms with van der Waals surface area (Å²) in [5.74, 6) is 1.44. The highest BCUT2D eigenvalue weighted by Crippen LogP contribution is 2.33. The third-order valence-corrected chi connectivity index (χ3v) is 7.60. The maximum absolute atomic E-state index is 12.6. The highest BCUT2D eigenvalue weighted by Gasteiger charge is 2.22. The number of aryl methyl sites for hydroxylation is 1. The van der Waals surface area contributed by atoms with E-state index in [1.807, 2.05) is 45.3 Å². The van der Waals surface area contributed by atoms with Crippen LogP contribution in [0.2, 0.25) is 0 Å². The SMILES string of the molecule is CN/C(C)=C\C(N)=N/c1ncc(C)c(-c2c[nH]c3c(NC(=O)CN4CCCC4)cccc23)n1.COc1cc(=O)[nH]c(NC2CC2)n1. The lowest BCUT2D eigenvalue weighted by Crippen LogP contribution is -2.30. The van der Waals surface area contributed by atoms with Crippen molar-refractivity contribution in [2.24, 2.45) is 10.7 Å². The zero-order valence-electron chi connectivity index (χ0n) is 26.6. The number of H-pyrrole nitrogens is 2. The van der Waals surface area contributed by atoms with E-state index in [9.17, 15) is 9.59 Å². The number of nitrogens with two attached hydrogens (primary N) is 1. The number of para-hydroxylation sites is 1. The summed E-state index contributed by atoms with van der Waals surface area (Å²) in [5.41, 5.74) is 10.9. The molecule has 3 aromatic heterocycles. The molecule has 0 unspecified atom stereocenters. The lowest BCUT2D eigenvalue weighted by Gasteiger charge is -2.14. The maximum atomic E-state index is 12.6. The number of hydrogen-bond acceptors (Lipinski definition) is 10. The Hall–Kier alpha value is -5.24. The number of aliphatic imine (C=N–C) groups is 1. The van der Waals surface area contributed by atoms with Crippen LogP contribution in [0.5, 0.6) is 5.88 Å². The quantitative estimate of drug-likeness (QED) is 0.112. The van der Waals surface area contributed by atoms with E-state index < -0.39 is 0 Å². The van der Waals surface area contributed by atoms with Gasteiger partial charge in [0.25, 0.3) is 11.5 Å². The Morgan fingerprint density at radius 2 is 2.02 bits per heavy atom. The van der Waals surface area contributed by atoms with E-state index in [-0.39, 0.29) is 17.4 Å². The third-order valence-electron chi connectivity index (χ3n) is 7.60. The van der Waals surface area contributed by atoms with Crippen LogP contribution >= 0.6 is 0 Å². The average molecular weight is 628 g/mol. The molecular formula is C32H41N11O3. The van der Waals surface area contributed by atoms with Gasteiger partial charge in [0.1, 0.15) is 5.84 Å². The number of hydrogen-bond donors (Lipinski definition) is 6. The predicted molar refractivity (Wildman–Crippen MR) is 181 cm³/mol. The van der Waals surface area contributed by atoms with Crippen molar-refractivity contribution in [3.63, 3.8) is 0 Å². The van der Waals surface area contributed by atoms with Crippen LogP contribution in [0.25, 0.3) is 22.2 Å². The second kappa shape index (κ2) is 14.7. The van der Waals surface area contributed by atoms with E-state index in [1.54, 1.807) is 12.3 Å². The molecule has 1 aliphatic heterocycles. The number of methoxy groups -OCH3 is 1. The molecule has 46 heavy (non-hydrogen) atoms. The van der Waals surface area contributed by atoms with Gasteiger partial charge in [-0.25, -0.2) is 9.97 Å². The van der Waals surface area contributed by atoms with Crippen LogP contribution in [-0.4, -0.2) is 81.4 Å². The van der Waals surface area contributed by atoms with Crippen molar-refractivity contribution >= 4 is 40.2 Å². The molecule has 1 aromatic carbocycles. The van der Waals surface area contributed by atoms with Crippen LogP contribution in [0.1, 0.15) is 38.2 Å². The molecular weight excluding hydrogens is 586 g/mol. The molecule has 4 aromatic rings. The zero-order chi connectivity index (χ0) is 32.6. The van der Waals surface area contributed by atoms with E-state index >= 15 is 0 Å². The molecule has 14 heteroatoms. The van der Waals surface area contributed by atoms with E-state index in [1.165, 1.54) is 13.2 Å². The number of aromatic nitrogens is 5. The normalized spacial score (nSPS) is 15.3. The van der Waals surface area contributed by atoms with Crippen LogP contribution in [0.15, 0.2) is 58.2 Å². The van der Waals surface area contributed by atoms with Crippen LogP contribution in [-0.2, 0) is 4.79 Å². The first-order chi connectivity index (χ1) is 22.2. The van der Waals surface area contributed by atoms with E-state index in [2.05, 4.69) is 50.8 Å². The smallest absolute Gasteiger partial charge is 0.256 e. The molecule has 0 radical (unpaired) electrons.